The first-order chi connectivity index (χ1) is 8.41. The lowest BCUT2D eigenvalue weighted by molar-refractivity contribution is -0.141. The van der Waals surface area contributed by atoms with E-state index >= 15 is 0 Å². The first-order valence-electron chi connectivity index (χ1n) is 5.20. The van der Waals surface area contributed by atoms with Crippen LogP contribution in [0.15, 0.2) is 24.3 Å². The number of benzene rings is 1. The average Bonchev–Trinajstić information content (AvgIpc) is 2.71. The third-order valence-corrected chi connectivity index (χ3v) is 2.52. The molecule has 6 heteroatoms. The van der Waals surface area contributed by atoms with Gasteiger partial charge in [-0.05, 0) is 31.2 Å². The van der Waals surface area contributed by atoms with Gasteiger partial charge in [-0.2, -0.15) is 13.2 Å². The number of methoxy groups -OCH3 is 1. The number of rotatable bonds is 2. The number of alkyl halides is 3. The number of halogens is 3. The molecule has 1 aromatic heterocycles. The molecule has 0 atom stereocenters. The Morgan fingerprint density at radius 3 is 2.22 bits per heavy atom. The largest absolute Gasteiger partial charge is 0.497 e. The third kappa shape index (κ3) is 2.32. The molecule has 18 heavy (non-hydrogen) atoms. The summed E-state index contributed by atoms with van der Waals surface area (Å²) >= 11 is 0. The maximum Gasteiger partial charge on any atom is 0.435 e. The van der Waals surface area contributed by atoms with Crippen molar-refractivity contribution in [2.75, 3.05) is 7.11 Å². The van der Waals surface area contributed by atoms with Crippen LogP contribution in [0, 0.1) is 6.92 Å². The molecular formula is C12H11F3N2O. The lowest BCUT2D eigenvalue weighted by atomic mass is 10.2. The molecule has 0 aliphatic carbocycles. The lowest BCUT2D eigenvalue weighted by Crippen LogP contribution is -2.07. The summed E-state index contributed by atoms with van der Waals surface area (Å²) in [5.74, 6) is 0.834. The van der Waals surface area contributed by atoms with Crippen LogP contribution in [0.1, 0.15) is 11.4 Å². The molecule has 1 N–H and O–H groups in total. The number of H-pyrrole nitrogens is 1. The number of nitrogens with zero attached hydrogens (tertiary/aromatic N) is 1. The van der Waals surface area contributed by atoms with E-state index in [4.69, 9.17) is 4.74 Å². The zero-order chi connectivity index (χ0) is 13.3. The first kappa shape index (κ1) is 12.5. The van der Waals surface area contributed by atoms with Crippen molar-refractivity contribution in [2.24, 2.45) is 0 Å². The number of aromatic amines is 1. The lowest BCUT2D eigenvalue weighted by Gasteiger charge is -2.02. The van der Waals surface area contributed by atoms with E-state index in [-0.39, 0.29) is 11.5 Å². The highest BCUT2D eigenvalue weighted by atomic mass is 19.4. The van der Waals surface area contributed by atoms with Gasteiger partial charge >= 0.3 is 6.18 Å². The van der Waals surface area contributed by atoms with Gasteiger partial charge in [-0.3, -0.25) is 0 Å². The van der Waals surface area contributed by atoms with E-state index in [9.17, 15) is 13.2 Å². The molecule has 0 radical (unpaired) electrons. The quantitative estimate of drug-likeness (QED) is 0.894. The van der Waals surface area contributed by atoms with Crippen molar-refractivity contribution in [3.63, 3.8) is 0 Å². The first-order valence-corrected chi connectivity index (χ1v) is 5.20. The van der Waals surface area contributed by atoms with E-state index in [1.54, 1.807) is 24.3 Å². The highest BCUT2D eigenvalue weighted by Crippen LogP contribution is 2.32. The predicted octanol–water partition coefficient (Wildman–Crippen LogP) is 3.41. The molecule has 0 bridgehead atoms. The van der Waals surface area contributed by atoms with Gasteiger partial charge in [0.15, 0.2) is 5.69 Å². The molecule has 0 aliphatic rings. The standard InChI is InChI=1S/C12H11F3N2O/c1-7-10(12(13,14)15)17-11(16-7)8-3-5-9(18-2)6-4-8/h3-6H,1-2H3,(H,16,17). The van der Waals surface area contributed by atoms with Crippen molar-refractivity contribution in [2.45, 2.75) is 13.1 Å². The van der Waals surface area contributed by atoms with Crippen LogP contribution in [0.3, 0.4) is 0 Å². The normalized spacial score (nSPS) is 11.6. The number of aryl methyl sites for hydroxylation is 1. The fraction of sp³-hybridized carbons (Fsp3) is 0.250. The molecule has 0 saturated carbocycles. The van der Waals surface area contributed by atoms with Gasteiger partial charge in [0.2, 0.25) is 0 Å². The van der Waals surface area contributed by atoms with Crippen LogP contribution in [0.2, 0.25) is 0 Å². The Hall–Kier alpha value is -1.98. The molecule has 0 unspecified atom stereocenters. The van der Waals surface area contributed by atoms with Crippen LogP contribution >= 0.6 is 0 Å². The second-order valence-corrected chi connectivity index (χ2v) is 3.79. The molecule has 0 aliphatic heterocycles. The Morgan fingerprint density at radius 2 is 1.78 bits per heavy atom. The third-order valence-electron chi connectivity index (χ3n) is 2.52. The second-order valence-electron chi connectivity index (χ2n) is 3.79. The average molecular weight is 256 g/mol. The van der Waals surface area contributed by atoms with Crippen molar-refractivity contribution < 1.29 is 17.9 Å². The number of hydrogen-bond acceptors (Lipinski definition) is 2. The topological polar surface area (TPSA) is 37.9 Å². The molecule has 3 nitrogen and oxygen atoms in total. The van der Waals surface area contributed by atoms with Crippen LogP contribution in [0.4, 0.5) is 13.2 Å². The van der Waals surface area contributed by atoms with Crippen molar-refractivity contribution in [3.05, 3.63) is 35.7 Å². The number of hydrogen-bond donors (Lipinski definition) is 1. The highest BCUT2D eigenvalue weighted by Gasteiger charge is 2.36. The maximum atomic E-state index is 12.6. The summed E-state index contributed by atoms with van der Waals surface area (Å²) in [7, 11) is 1.52. The van der Waals surface area contributed by atoms with E-state index in [1.165, 1.54) is 14.0 Å². The molecule has 1 aromatic carbocycles. The summed E-state index contributed by atoms with van der Waals surface area (Å²) in [5.41, 5.74) is -0.295. The van der Waals surface area contributed by atoms with E-state index in [0.29, 0.717) is 11.3 Å². The van der Waals surface area contributed by atoms with Crippen molar-refractivity contribution in [3.8, 4) is 17.1 Å². The van der Waals surface area contributed by atoms with Gasteiger partial charge in [0.05, 0.1) is 7.11 Å². The summed E-state index contributed by atoms with van der Waals surface area (Å²) < 4.78 is 42.8. The molecule has 0 spiro atoms. The molecule has 0 fully saturated rings. The van der Waals surface area contributed by atoms with Crippen LogP contribution in [0.25, 0.3) is 11.4 Å². The minimum absolute atomic E-state index is 0.00770. The smallest absolute Gasteiger partial charge is 0.435 e. The summed E-state index contributed by atoms with van der Waals surface area (Å²) in [5, 5.41) is 0. The van der Waals surface area contributed by atoms with Gasteiger partial charge in [0, 0.05) is 11.3 Å². The van der Waals surface area contributed by atoms with Crippen molar-refractivity contribution in [1.29, 1.82) is 0 Å². The van der Waals surface area contributed by atoms with Gasteiger partial charge in [-0.15, -0.1) is 0 Å². The molecule has 96 valence electrons. The van der Waals surface area contributed by atoms with E-state index in [1.807, 2.05) is 0 Å². The van der Waals surface area contributed by atoms with E-state index in [2.05, 4.69) is 9.97 Å². The SMILES string of the molecule is COc1ccc(-c2nc(C(F)(F)F)c(C)[nH]2)cc1. The van der Waals surface area contributed by atoms with Crippen molar-refractivity contribution >= 4 is 0 Å². The number of imidazole rings is 1. The zero-order valence-corrected chi connectivity index (χ0v) is 9.80. The molecular weight excluding hydrogens is 245 g/mol. The zero-order valence-electron chi connectivity index (χ0n) is 9.80. The molecule has 2 rings (SSSR count). The fourth-order valence-corrected chi connectivity index (χ4v) is 1.62. The number of nitrogens with one attached hydrogen (secondary N) is 1. The number of ether oxygens (including phenoxy) is 1. The Kier molecular flexibility index (Phi) is 3.02. The van der Waals surface area contributed by atoms with Crippen LogP contribution in [-0.2, 0) is 6.18 Å². The Morgan fingerprint density at radius 1 is 1.17 bits per heavy atom. The summed E-state index contributed by atoms with van der Waals surface area (Å²) in [6, 6.07) is 6.63. The number of aromatic nitrogens is 2. The van der Waals surface area contributed by atoms with Gasteiger partial charge in [0.1, 0.15) is 11.6 Å². The summed E-state index contributed by atoms with van der Waals surface area (Å²) in [6.07, 6.45) is -4.44. The van der Waals surface area contributed by atoms with E-state index < -0.39 is 11.9 Å². The molecule has 0 saturated heterocycles. The van der Waals surface area contributed by atoms with Crippen LogP contribution < -0.4 is 4.74 Å². The Labute approximate surface area is 102 Å². The van der Waals surface area contributed by atoms with E-state index in [0.717, 1.165) is 0 Å². The van der Waals surface area contributed by atoms with Crippen LogP contribution in [0.5, 0.6) is 5.75 Å². The van der Waals surface area contributed by atoms with Gasteiger partial charge in [-0.25, -0.2) is 4.98 Å². The molecule has 2 aromatic rings. The van der Waals surface area contributed by atoms with Gasteiger partial charge < -0.3 is 9.72 Å². The predicted molar refractivity (Wildman–Crippen MR) is 60.3 cm³/mol. The second kappa shape index (κ2) is 4.36. The van der Waals surface area contributed by atoms with Gasteiger partial charge in [-0.1, -0.05) is 0 Å². The molecule has 1 heterocycles. The molecule has 0 amide bonds. The fourth-order valence-electron chi connectivity index (χ4n) is 1.62. The summed E-state index contributed by atoms with van der Waals surface area (Å²) in [6.45, 7) is 1.35. The van der Waals surface area contributed by atoms with Crippen LogP contribution in [-0.4, -0.2) is 17.1 Å². The Bertz CT molecular complexity index is 543. The maximum absolute atomic E-state index is 12.6. The Balaban J connectivity index is 2.39. The highest BCUT2D eigenvalue weighted by molar-refractivity contribution is 5.57. The minimum Gasteiger partial charge on any atom is -0.497 e. The minimum atomic E-state index is -4.44. The monoisotopic (exact) mass is 256 g/mol. The summed E-state index contributed by atoms with van der Waals surface area (Å²) in [4.78, 5) is 6.22. The van der Waals surface area contributed by atoms with Crippen molar-refractivity contribution in [1.82, 2.24) is 9.97 Å². The van der Waals surface area contributed by atoms with Gasteiger partial charge in [0.25, 0.3) is 0 Å².